The first kappa shape index (κ1) is 14.7. The minimum Gasteiger partial charge on any atom is -0.481 e. The number of nitrogens with one attached hydrogen (secondary N) is 1. The maximum absolute atomic E-state index is 12.0. The largest absolute Gasteiger partial charge is 0.481 e. The van der Waals surface area contributed by atoms with Crippen LogP contribution in [0.15, 0.2) is 0 Å². The minimum absolute atomic E-state index is 0.417. The Balaban J connectivity index is 2.77. The molecular weight excluding hydrogens is 259 g/mol. The molecule has 104 valence electrons. The third-order valence-electron chi connectivity index (χ3n) is 2.81. The second-order valence-corrected chi connectivity index (χ2v) is 4.13. The highest BCUT2D eigenvalue weighted by molar-refractivity contribution is 5.83. The van der Waals surface area contributed by atoms with E-state index < -0.39 is 55.1 Å². The summed E-state index contributed by atoms with van der Waals surface area (Å²) in [6.45, 7) is 0. The molecule has 0 unspecified atom stereocenters. The summed E-state index contributed by atoms with van der Waals surface area (Å²) in [5.41, 5.74) is 0. The molecule has 0 radical (unpaired) electrons. The van der Waals surface area contributed by atoms with E-state index in [0.29, 0.717) is 0 Å². The van der Waals surface area contributed by atoms with Crippen molar-refractivity contribution in [2.45, 2.75) is 37.3 Å². The summed E-state index contributed by atoms with van der Waals surface area (Å²) in [7, 11) is 0. The van der Waals surface area contributed by atoms with Gasteiger partial charge < -0.3 is 20.6 Å². The van der Waals surface area contributed by atoms with E-state index in [4.69, 9.17) is 5.11 Å². The zero-order valence-electron chi connectivity index (χ0n) is 9.02. The zero-order valence-corrected chi connectivity index (χ0v) is 9.02. The molecule has 4 N–H and O–H groups in total. The van der Waals surface area contributed by atoms with Crippen molar-refractivity contribution in [2.24, 2.45) is 5.92 Å². The van der Waals surface area contributed by atoms with Crippen molar-refractivity contribution in [3.8, 4) is 0 Å². The van der Waals surface area contributed by atoms with Gasteiger partial charge in [-0.2, -0.15) is 13.2 Å². The van der Waals surface area contributed by atoms with E-state index in [1.165, 1.54) is 5.32 Å². The van der Waals surface area contributed by atoms with Crippen molar-refractivity contribution in [1.29, 1.82) is 0 Å². The van der Waals surface area contributed by atoms with Crippen LogP contribution in [0.1, 0.15) is 12.8 Å². The third-order valence-corrected chi connectivity index (χ3v) is 2.81. The Kier molecular flexibility index (Phi) is 4.17. The number of carboxylic acid groups (broad SMARTS) is 1. The van der Waals surface area contributed by atoms with Crippen LogP contribution in [0.25, 0.3) is 0 Å². The average Bonchev–Trinajstić information content (AvgIpc) is 2.21. The van der Waals surface area contributed by atoms with Gasteiger partial charge in [0.25, 0.3) is 0 Å². The van der Waals surface area contributed by atoms with E-state index in [1.807, 2.05) is 0 Å². The van der Waals surface area contributed by atoms with Crippen LogP contribution in [-0.4, -0.2) is 51.6 Å². The zero-order chi connectivity index (χ0) is 14.1. The van der Waals surface area contributed by atoms with Crippen LogP contribution >= 0.6 is 0 Å². The van der Waals surface area contributed by atoms with E-state index >= 15 is 0 Å². The number of alkyl halides is 3. The molecule has 0 aromatic rings. The second-order valence-electron chi connectivity index (χ2n) is 4.13. The lowest BCUT2D eigenvalue weighted by molar-refractivity contribution is -0.176. The molecule has 1 fully saturated rings. The van der Waals surface area contributed by atoms with Gasteiger partial charge in [-0.15, -0.1) is 0 Å². The molecule has 1 amide bonds. The summed E-state index contributed by atoms with van der Waals surface area (Å²) in [6, 6.07) is -1.37. The van der Waals surface area contributed by atoms with Gasteiger partial charge in [0.15, 0.2) is 0 Å². The molecule has 0 aromatic heterocycles. The predicted octanol–water partition coefficient (Wildman–Crippen LogP) is -0.750. The molecule has 0 aliphatic heterocycles. The highest BCUT2D eigenvalue weighted by atomic mass is 19.4. The summed E-state index contributed by atoms with van der Waals surface area (Å²) >= 11 is 0. The van der Waals surface area contributed by atoms with Crippen molar-refractivity contribution < 1.29 is 38.1 Å². The molecule has 1 aliphatic rings. The summed E-state index contributed by atoms with van der Waals surface area (Å²) < 4.78 is 36.1. The van der Waals surface area contributed by atoms with E-state index in [-0.39, 0.29) is 0 Å². The van der Waals surface area contributed by atoms with E-state index in [1.54, 1.807) is 0 Å². The van der Waals surface area contributed by atoms with Gasteiger partial charge in [-0.3, -0.25) is 9.59 Å². The summed E-state index contributed by atoms with van der Waals surface area (Å²) in [5, 5.41) is 28.9. The number of aliphatic hydroxyl groups excluding tert-OH is 2. The molecule has 1 saturated carbocycles. The Morgan fingerprint density at radius 1 is 1.11 bits per heavy atom. The van der Waals surface area contributed by atoms with Crippen molar-refractivity contribution in [1.82, 2.24) is 5.32 Å². The fourth-order valence-electron chi connectivity index (χ4n) is 1.85. The van der Waals surface area contributed by atoms with Gasteiger partial charge in [-0.25, -0.2) is 0 Å². The van der Waals surface area contributed by atoms with Crippen molar-refractivity contribution in [3.05, 3.63) is 0 Å². The van der Waals surface area contributed by atoms with E-state index in [9.17, 15) is 33.0 Å². The van der Waals surface area contributed by atoms with Gasteiger partial charge >= 0.3 is 18.1 Å². The number of rotatable bonds is 2. The van der Waals surface area contributed by atoms with Crippen LogP contribution in [0.3, 0.4) is 0 Å². The molecule has 6 nitrogen and oxygen atoms in total. The first-order valence-corrected chi connectivity index (χ1v) is 5.09. The number of hydrogen-bond donors (Lipinski definition) is 4. The molecule has 9 heteroatoms. The van der Waals surface area contributed by atoms with Crippen molar-refractivity contribution >= 4 is 11.9 Å². The molecule has 0 saturated heterocycles. The van der Waals surface area contributed by atoms with Crippen LogP contribution in [-0.2, 0) is 9.59 Å². The van der Waals surface area contributed by atoms with Gasteiger partial charge in [0.05, 0.1) is 18.1 Å². The molecule has 18 heavy (non-hydrogen) atoms. The van der Waals surface area contributed by atoms with Crippen molar-refractivity contribution in [3.63, 3.8) is 0 Å². The SMILES string of the molecule is O=C(O)[C@@H]1C[C@H](O)[C@H](O)C[C@@H]1NC(=O)C(F)(F)F. The van der Waals surface area contributed by atoms with Crippen LogP contribution in [0, 0.1) is 5.92 Å². The number of aliphatic hydroxyl groups is 2. The number of carbonyl (C=O) groups excluding carboxylic acids is 1. The molecule has 1 aliphatic carbocycles. The molecule has 0 bridgehead atoms. The Morgan fingerprint density at radius 2 is 1.61 bits per heavy atom. The van der Waals surface area contributed by atoms with Gasteiger partial charge in [0.2, 0.25) is 0 Å². The fraction of sp³-hybridized carbons (Fsp3) is 0.778. The molecular formula is C9H12F3NO5. The fourth-order valence-corrected chi connectivity index (χ4v) is 1.85. The number of hydrogen-bond acceptors (Lipinski definition) is 4. The molecule has 0 spiro atoms. The molecule has 1 rings (SSSR count). The normalized spacial score (nSPS) is 32.9. The van der Waals surface area contributed by atoms with Crippen LogP contribution in [0.4, 0.5) is 13.2 Å². The Morgan fingerprint density at radius 3 is 2.06 bits per heavy atom. The highest BCUT2D eigenvalue weighted by Crippen LogP contribution is 2.27. The summed E-state index contributed by atoms with van der Waals surface area (Å²) in [5.74, 6) is -5.06. The quantitative estimate of drug-likeness (QED) is 0.528. The van der Waals surface area contributed by atoms with E-state index in [2.05, 4.69) is 0 Å². The summed E-state index contributed by atoms with van der Waals surface area (Å²) in [4.78, 5) is 21.5. The number of aliphatic carboxylic acids is 1. The lowest BCUT2D eigenvalue weighted by atomic mass is 9.81. The van der Waals surface area contributed by atoms with Gasteiger partial charge in [0, 0.05) is 6.04 Å². The average molecular weight is 271 g/mol. The van der Waals surface area contributed by atoms with Crippen LogP contribution < -0.4 is 5.32 Å². The minimum atomic E-state index is -5.12. The topological polar surface area (TPSA) is 107 Å². The highest BCUT2D eigenvalue weighted by Gasteiger charge is 2.45. The Labute approximate surface area is 99.4 Å². The smallest absolute Gasteiger partial charge is 0.471 e. The second kappa shape index (κ2) is 5.11. The van der Waals surface area contributed by atoms with Gasteiger partial charge in [-0.1, -0.05) is 0 Å². The number of halogens is 3. The Hall–Kier alpha value is -1.35. The van der Waals surface area contributed by atoms with Crippen LogP contribution in [0.5, 0.6) is 0 Å². The predicted molar refractivity (Wildman–Crippen MR) is 50.4 cm³/mol. The number of carbonyl (C=O) groups is 2. The maximum Gasteiger partial charge on any atom is 0.471 e. The molecule has 0 heterocycles. The standard InChI is InChI=1S/C9H12F3NO5/c10-9(11,12)8(18)13-4-2-6(15)5(14)1-3(4)7(16)17/h3-6,14-15H,1-2H2,(H,13,18)(H,16,17)/t3-,4+,5+,6-/m1/s1. The summed E-state index contributed by atoms with van der Waals surface area (Å²) in [6.07, 6.45) is -8.67. The van der Waals surface area contributed by atoms with Gasteiger partial charge in [-0.05, 0) is 12.8 Å². The lowest BCUT2D eigenvalue weighted by Crippen LogP contribution is -2.54. The first-order valence-electron chi connectivity index (χ1n) is 5.09. The maximum atomic E-state index is 12.0. The Bertz CT molecular complexity index is 346. The van der Waals surface area contributed by atoms with Crippen LogP contribution in [0.2, 0.25) is 0 Å². The number of amides is 1. The van der Waals surface area contributed by atoms with E-state index in [0.717, 1.165) is 0 Å². The van der Waals surface area contributed by atoms with Crippen molar-refractivity contribution in [2.75, 3.05) is 0 Å². The third kappa shape index (κ3) is 3.33. The number of carboxylic acids is 1. The van der Waals surface area contributed by atoms with Gasteiger partial charge in [0.1, 0.15) is 0 Å². The molecule has 4 atom stereocenters. The molecule has 0 aromatic carbocycles. The first-order chi connectivity index (χ1) is 8.12. The monoisotopic (exact) mass is 271 g/mol. The lowest BCUT2D eigenvalue weighted by Gasteiger charge is -2.35.